The molecule has 1 aromatic heterocycles. The maximum absolute atomic E-state index is 13.2. The third-order valence-electron chi connectivity index (χ3n) is 3.85. The highest BCUT2D eigenvalue weighted by molar-refractivity contribution is 8.00. The van der Waals surface area contributed by atoms with E-state index in [1.54, 1.807) is 0 Å². The Kier molecular flexibility index (Phi) is 3.54. The van der Waals surface area contributed by atoms with Gasteiger partial charge in [0.25, 0.3) is 5.56 Å². The molecule has 2 heterocycles. The summed E-state index contributed by atoms with van der Waals surface area (Å²) in [5.41, 5.74) is -1.15. The molecule has 1 atom stereocenters. The number of nitrogens with zero attached hydrogens (tertiary/aromatic N) is 1. The molecule has 2 aliphatic rings. The second-order valence-electron chi connectivity index (χ2n) is 5.29. The molecule has 5 nitrogen and oxygen atoms in total. The van der Waals surface area contributed by atoms with Crippen LogP contribution in [0.25, 0.3) is 0 Å². The predicted molar refractivity (Wildman–Crippen MR) is 72.4 cm³/mol. The smallest absolute Gasteiger partial charge is 0.310 e. The number of alkyl halides is 3. The van der Waals surface area contributed by atoms with Crippen LogP contribution in [0.2, 0.25) is 0 Å². The Morgan fingerprint density at radius 2 is 1.86 bits per heavy atom. The quantitative estimate of drug-likeness (QED) is 0.835. The first-order valence-corrected chi connectivity index (χ1v) is 7.75. The van der Waals surface area contributed by atoms with E-state index in [9.17, 15) is 22.8 Å². The molecule has 1 aliphatic heterocycles. The van der Waals surface area contributed by atoms with Crippen LogP contribution < -0.4 is 10.9 Å². The number of amides is 1. The third kappa shape index (κ3) is 2.58. The minimum Gasteiger partial charge on any atom is -0.310 e. The van der Waals surface area contributed by atoms with E-state index in [-0.39, 0.29) is 23.2 Å². The number of rotatable bonds is 1. The van der Waals surface area contributed by atoms with Gasteiger partial charge in [-0.25, -0.2) is 0 Å². The Bertz CT molecular complexity index is 616. The minimum atomic E-state index is -4.57. The molecule has 1 aromatic rings. The Morgan fingerprint density at radius 1 is 1.19 bits per heavy atom. The van der Waals surface area contributed by atoms with Gasteiger partial charge in [0, 0.05) is 0 Å². The van der Waals surface area contributed by atoms with Gasteiger partial charge in [-0.2, -0.15) is 13.2 Å². The van der Waals surface area contributed by atoms with Crippen molar-refractivity contribution in [2.24, 2.45) is 0 Å². The number of halogens is 3. The van der Waals surface area contributed by atoms with E-state index in [0.717, 1.165) is 25.7 Å². The normalized spacial score (nSPS) is 23.8. The van der Waals surface area contributed by atoms with E-state index in [1.165, 1.54) is 4.68 Å². The van der Waals surface area contributed by atoms with Gasteiger partial charge in [0.1, 0.15) is 11.1 Å². The van der Waals surface area contributed by atoms with Gasteiger partial charge in [-0.05, 0) is 12.8 Å². The molecule has 0 aromatic carbocycles. The number of anilines is 1. The fourth-order valence-corrected chi connectivity index (χ4v) is 3.90. The Labute approximate surface area is 122 Å². The number of aromatic amines is 1. The van der Waals surface area contributed by atoms with Gasteiger partial charge in [0.2, 0.25) is 5.91 Å². The standard InChI is InChI=1S/C12H14F3N3O2S/c13-12(14,15)9-8-10(16-7(19)5-21-9)18(17-11(8)20)6-3-1-2-4-6/h6,9H,1-5H2,(H,16,19)(H,17,20)/t9-/m0/s1. The molecule has 0 saturated heterocycles. The lowest BCUT2D eigenvalue weighted by Crippen LogP contribution is -2.23. The monoisotopic (exact) mass is 321 g/mol. The van der Waals surface area contributed by atoms with E-state index in [4.69, 9.17) is 0 Å². The summed E-state index contributed by atoms with van der Waals surface area (Å²) in [7, 11) is 0. The van der Waals surface area contributed by atoms with E-state index in [0.29, 0.717) is 11.8 Å². The fourth-order valence-electron chi connectivity index (χ4n) is 2.94. The first-order chi connectivity index (χ1) is 9.88. The summed E-state index contributed by atoms with van der Waals surface area (Å²) in [6, 6.07) is -0.0567. The SMILES string of the molecule is O=C1CS[C@H](C(F)(F)F)c2c(n(C3CCCC3)[nH]c2=O)N1. The van der Waals surface area contributed by atoms with Gasteiger partial charge < -0.3 is 5.32 Å². The second kappa shape index (κ2) is 5.11. The molecule has 0 spiro atoms. The van der Waals surface area contributed by atoms with Crippen molar-refractivity contribution in [3.8, 4) is 0 Å². The predicted octanol–water partition coefficient (Wildman–Crippen LogP) is 2.58. The number of hydrogen-bond acceptors (Lipinski definition) is 3. The number of carbonyl (C=O) groups excluding carboxylic acids is 1. The zero-order chi connectivity index (χ0) is 15.2. The first kappa shape index (κ1) is 14.6. The van der Waals surface area contributed by atoms with Crippen molar-refractivity contribution in [3.05, 3.63) is 15.9 Å². The van der Waals surface area contributed by atoms with E-state index >= 15 is 0 Å². The van der Waals surface area contributed by atoms with Gasteiger partial charge >= 0.3 is 6.18 Å². The van der Waals surface area contributed by atoms with E-state index in [1.807, 2.05) is 0 Å². The summed E-state index contributed by atoms with van der Waals surface area (Å²) in [4.78, 5) is 23.7. The summed E-state index contributed by atoms with van der Waals surface area (Å²) >= 11 is 0.441. The maximum Gasteiger partial charge on any atom is 0.404 e. The molecule has 1 amide bonds. The Hall–Kier alpha value is -1.38. The molecular formula is C12H14F3N3O2S. The van der Waals surface area contributed by atoms with Crippen LogP contribution in [0.4, 0.5) is 19.0 Å². The van der Waals surface area contributed by atoms with Crippen LogP contribution in [-0.4, -0.2) is 27.6 Å². The molecule has 21 heavy (non-hydrogen) atoms. The molecule has 3 rings (SSSR count). The zero-order valence-electron chi connectivity index (χ0n) is 11.0. The lowest BCUT2D eigenvalue weighted by atomic mass is 10.2. The number of carbonyl (C=O) groups is 1. The van der Waals surface area contributed by atoms with Crippen LogP contribution in [0, 0.1) is 0 Å². The summed E-state index contributed by atoms with van der Waals surface area (Å²) in [5.74, 6) is -0.842. The van der Waals surface area contributed by atoms with Crippen molar-refractivity contribution >= 4 is 23.5 Å². The molecule has 9 heteroatoms. The highest BCUT2D eigenvalue weighted by atomic mass is 32.2. The molecule has 0 unspecified atom stereocenters. The largest absolute Gasteiger partial charge is 0.404 e. The molecule has 116 valence electrons. The van der Waals surface area contributed by atoms with Crippen LogP contribution in [0.5, 0.6) is 0 Å². The molecular weight excluding hydrogens is 307 g/mol. The average Bonchev–Trinajstić information content (AvgIpc) is 2.95. The minimum absolute atomic E-state index is 0.00998. The molecule has 0 bridgehead atoms. The number of hydrogen-bond donors (Lipinski definition) is 2. The lowest BCUT2D eigenvalue weighted by Gasteiger charge is -2.18. The van der Waals surface area contributed by atoms with Crippen molar-refractivity contribution in [3.63, 3.8) is 0 Å². The van der Waals surface area contributed by atoms with Crippen molar-refractivity contribution in [1.29, 1.82) is 0 Å². The van der Waals surface area contributed by atoms with Crippen molar-refractivity contribution in [1.82, 2.24) is 9.78 Å². The Balaban J connectivity index is 2.12. The van der Waals surface area contributed by atoms with Crippen molar-refractivity contribution < 1.29 is 18.0 Å². The number of H-pyrrole nitrogens is 1. The van der Waals surface area contributed by atoms with Crippen LogP contribution in [0.1, 0.15) is 42.5 Å². The summed E-state index contributed by atoms with van der Waals surface area (Å²) < 4.78 is 40.9. The maximum atomic E-state index is 13.2. The number of aromatic nitrogens is 2. The molecule has 1 saturated carbocycles. The lowest BCUT2D eigenvalue weighted by molar-refractivity contribution is -0.129. The molecule has 1 aliphatic carbocycles. The van der Waals surface area contributed by atoms with Gasteiger partial charge in [0.15, 0.2) is 0 Å². The van der Waals surface area contributed by atoms with Crippen molar-refractivity contribution in [2.45, 2.75) is 43.2 Å². The van der Waals surface area contributed by atoms with Crippen LogP contribution >= 0.6 is 11.8 Å². The van der Waals surface area contributed by atoms with Crippen LogP contribution in [0.15, 0.2) is 4.79 Å². The van der Waals surface area contributed by atoms with Gasteiger partial charge in [-0.15, -0.1) is 11.8 Å². The first-order valence-electron chi connectivity index (χ1n) is 6.70. The highest BCUT2D eigenvalue weighted by Gasteiger charge is 2.47. The average molecular weight is 321 g/mol. The number of thioether (sulfide) groups is 1. The topological polar surface area (TPSA) is 66.9 Å². The third-order valence-corrected chi connectivity index (χ3v) is 5.12. The molecule has 1 fully saturated rings. The van der Waals surface area contributed by atoms with Crippen LogP contribution in [-0.2, 0) is 4.79 Å². The molecule has 2 N–H and O–H groups in total. The zero-order valence-corrected chi connectivity index (χ0v) is 11.8. The van der Waals surface area contributed by atoms with Gasteiger partial charge in [-0.1, -0.05) is 12.8 Å². The fraction of sp³-hybridized carbons (Fsp3) is 0.667. The summed E-state index contributed by atoms with van der Waals surface area (Å²) in [5, 5.41) is 2.97. The summed E-state index contributed by atoms with van der Waals surface area (Å²) in [6.07, 6.45) is -1.07. The van der Waals surface area contributed by atoms with Crippen LogP contribution in [0.3, 0.4) is 0 Å². The molecule has 0 radical (unpaired) electrons. The Morgan fingerprint density at radius 3 is 2.48 bits per heavy atom. The summed E-state index contributed by atoms with van der Waals surface area (Å²) in [6.45, 7) is 0. The van der Waals surface area contributed by atoms with Gasteiger partial charge in [-0.3, -0.25) is 19.4 Å². The second-order valence-corrected chi connectivity index (χ2v) is 6.39. The highest BCUT2D eigenvalue weighted by Crippen LogP contribution is 2.46. The van der Waals surface area contributed by atoms with E-state index < -0.39 is 22.9 Å². The number of nitrogens with one attached hydrogen (secondary N) is 2. The van der Waals surface area contributed by atoms with Crippen molar-refractivity contribution in [2.75, 3.05) is 11.1 Å². The number of fused-ring (bicyclic) bond motifs is 1. The van der Waals surface area contributed by atoms with E-state index in [2.05, 4.69) is 10.4 Å². The van der Waals surface area contributed by atoms with Gasteiger partial charge in [0.05, 0.1) is 17.4 Å².